The molecule has 0 bridgehead atoms. The van der Waals surface area contributed by atoms with Crippen LogP contribution in [0.5, 0.6) is 0 Å². The van der Waals surface area contributed by atoms with Crippen LogP contribution in [0.4, 0.5) is 0 Å². The van der Waals surface area contributed by atoms with E-state index in [4.69, 9.17) is 5.11 Å². The highest BCUT2D eigenvalue weighted by Crippen LogP contribution is 2.04. The Morgan fingerprint density at radius 3 is 2.00 bits per heavy atom. The molecule has 0 rings (SSSR count). The van der Waals surface area contributed by atoms with Crippen LogP contribution in [-0.2, 0) is 0 Å². The number of aliphatic hydroxyl groups is 1. The summed E-state index contributed by atoms with van der Waals surface area (Å²) < 4.78 is 0. The SMILES string of the molecule is CC=CCCCCC.CCCCCC(O)CC. The fourth-order valence-corrected chi connectivity index (χ4v) is 1.51. The average molecular weight is 242 g/mol. The van der Waals surface area contributed by atoms with Crippen LogP contribution in [0.3, 0.4) is 0 Å². The van der Waals surface area contributed by atoms with Crippen molar-refractivity contribution in [1.82, 2.24) is 0 Å². The zero-order valence-electron chi connectivity index (χ0n) is 12.5. The fraction of sp³-hybridized carbons (Fsp3) is 0.875. The molecule has 0 aromatic rings. The molecular formula is C16H34O. The van der Waals surface area contributed by atoms with Crippen LogP contribution in [0.1, 0.15) is 85.5 Å². The molecule has 0 saturated heterocycles. The van der Waals surface area contributed by atoms with Crippen LogP contribution < -0.4 is 0 Å². The van der Waals surface area contributed by atoms with Gasteiger partial charge >= 0.3 is 0 Å². The van der Waals surface area contributed by atoms with Crippen molar-refractivity contribution in [1.29, 1.82) is 0 Å². The van der Waals surface area contributed by atoms with E-state index in [1.165, 1.54) is 44.9 Å². The summed E-state index contributed by atoms with van der Waals surface area (Å²) in [6.07, 6.45) is 15.2. The number of rotatable bonds is 9. The fourth-order valence-electron chi connectivity index (χ4n) is 1.51. The molecule has 1 heteroatoms. The highest BCUT2D eigenvalue weighted by molar-refractivity contribution is 4.75. The molecule has 0 aliphatic carbocycles. The second-order valence-corrected chi connectivity index (χ2v) is 4.62. The first-order valence-electron chi connectivity index (χ1n) is 7.51. The van der Waals surface area contributed by atoms with E-state index < -0.39 is 0 Å². The molecule has 0 radical (unpaired) electrons. The zero-order chi connectivity index (χ0) is 13.4. The summed E-state index contributed by atoms with van der Waals surface area (Å²) in [6.45, 7) is 8.51. The van der Waals surface area contributed by atoms with Gasteiger partial charge in [0.1, 0.15) is 0 Å². The lowest BCUT2D eigenvalue weighted by Crippen LogP contribution is -2.02. The minimum absolute atomic E-state index is 0.0449. The van der Waals surface area contributed by atoms with Gasteiger partial charge in [-0.1, -0.05) is 65.0 Å². The number of hydrogen-bond acceptors (Lipinski definition) is 1. The van der Waals surface area contributed by atoms with E-state index in [9.17, 15) is 0 Å². The van der Waals surface area contributed by atoms with Crippen molar-refractivity contribution < 1.29 is 5.11 Å². The summed E-state index contributed by atoms with van der Waals surface area (Å²) in [4.78, 5) is 0. The Morgan fingerprint density at radius 1 is 0.941 bits per heavy atom. The maximum atomic E-state index is 9.08. The van der Waals surface area contributed by atoms with Gasteiger partial charge in [0.05, 0.1) is 6.10 Å². The molecule has 1 N–H and O–H groups in total. The number of hydrogen-bond donors (Lipinski definition) is 1. The molecule has 0 aromatic carbocycles. The molecule has 104 valence electrons. The molecule has 1 atom stereocenters. The Balaban J connectivity index is 0. The van der Waals surface area contributed by atoms with Gasteiger partial charge in [-0.05, 0) is 32.6 Å². The van der Waals surface area contributed by atoms with Gasteiger partial charge in [-0.3, -0.25) is 0 Å². The van der Waals surface area contributed by atoms with Crippen molar-refractivity contribution in [2.24, 2.45) is 0 Å². The van der Waals surface area contributed by atoms with Gasteiger partial charge < -0.3 is 5.11 Å². The van der Waals surface area contributed by atoms with Crippen molar-refractivity contribution in [3.8, 4) is 0 Å². The molecule has 0 aromatic heterocycles. The van der Waals surface area contributed by atoms with Crippen molar-refractivity contribution in [2.45, 2.75) is 91.6 Å². The number of allylic oxidation sites excluding steroid dienone is 2. The zero-order valence-corrected chi connectivity index (χ0v) is 12.5. The van der Waals surface area contributed by atoms with Crippen molar-refractivity contribution in [3.05, 3.63) is 12.2 Å². The predicted molar refractivity (Wildman–Crippen MR) is 79.4 cm³/mol. The standard InChI is InChI=1S/C8H18O.C8H16/c1-3-5-6-7-8(9)4-2;1-3-5-7-8-6-4-2/h8-9H,3-7H2,1-2H3;3,5H,4,6-8H2,1-2H3. The summed E-state index contributed by atoms with van der Waals surface area (Å²) >= 11 is 0. The highest BCUT2D eigenvalue weighted by Gasteiger charge is 1.97. The first kappa shape index (κ1) is 19.0. The third-order valence-electron chi connectivity index (χ3n) is 2.82. The minimum Gasteiger partial charge on any atom is -0.393 e. The minimum atomic E-state index is -0.0449. The quantitative estimate of drug-likeness (QED) is 0.419. The Morgan fingerprint density at radius 2 is 1.53 bits per heavy atom. The van der Waals surface area contributed by atoms with Crippen LogP contribution in [-0.4, -0.2) is 11.2 Å². The van der Waals surface area contributed by atoms with E-state index in [0.29, 0.717) is 0 Å². The van der Waals surface area contributed by atoms with Crippen LogP contribution in [0.2, 0.25) is 0 Å². The third kappa shape index (κ3) is 21.5. The maximum absolute atomic E-state index is 9.08. The molecule has 1 nitrogen and oxygen atoms in total. The van der Waals surface area contributed by atoms with Gasteiger partial charge in [0, 0.05) is 0 Å². The normalized spacial score (nSPS) is 12.3. The summed E-state index contributed by atoms with van der Waals surface area (Å²) in [5.74, 6) is 0. The third-order valence-corrected chi connectivity index (χ3v) is 2.82. The Kier molecular flexibility index (Phi) is 20.3. The van der Waals surface area contributed by atoms with Gasteiger partial charge in [-0.2, -0.15) is 0 Å². The number of unbranched alkanes of at least 4 members (excludes halogenated alkanes) is 5. The van der Waals surface area contributed by atoms with Gasteiger partial charge in [0.25, 0.3) is 0 Å². The Labute approximate surface area is 109 Å². The average Bonchev–Trinajstić information content (AvgIpc) is 2.35. The smallest absolute Gasteiger partial charge is 0.0537 e. The van der Waals surface area contributed by atoms with Gasteiger partial charge in [0.2, 0.25) is 0 Å². The van der Waals surface area contributed by atoms with Gasteiger partial charge in [0.15, 0.2) is 0 Å². The molecule has 0 heterocycles. The first-order chi connectivity index (χ1) is 8.22. The van der Waals surface area contributed by atoms with E-state index in [1.807, 2.05) is 6.92 Å². The van der Waals surface area contributed by atoms with Crippen LogP contribution in [0.25, 0.3) is 0 Å². The molecule has 1 unspecified atom stereocenters. The van der Waals surface area contributed by atoms with E-state index in [1.54, 1.807) is 0 Å². The molecule has 0 aliphatic rings. The lowest BCUT2D eigenvalue weighted by Gasteiger charge is -2.04. The predicted octanol–water partition coefficient (Wildman–Crippen LogP) is 5.48. The molecule has 0 amide bonds. The Bertz CT molecular complexity index is 140. The summed E-state index contributed by atoms with van der Waals surface area (Å²) in [6, 6.07) is 0. The molecule has 0 fully saturated rings. The summed E-state index contributed by atoms with van der Waals surface area (Å²) in [5, 5.41) is 9.08. The van der Waals surface area contributed by atoms with E-state index >= 15 is 0 Å². The summed E-state index contributed by atoms with van der Waals surface area (Å²) in [7, 11) is 0. The van der Waals surface area contributed by atoms with E-state index in [2.05, 4.69) is 32.9 Å². The second-order valence-electron chi connectivity index (χ2n) is 4.62. The molecule has 17 heavy (non-hydrogen) atoms. The lowest BCUT2D eigenvalue weighted by atomic mass is 10.1. The summed E-state index contributed by atoms with van der Waals surface area (Å²) in [5.41, 5.74) is 0. The van der Waals surface area contributed by atoms with Crippen molar-refractivity contribution in [2.75, 3.05) is 0 Å². The molecular weight excluding hydrogens is 208 g/mol. The largest absolute Gasteiger partial charge is 0.393 e. The topological polar surface area (TPSA) is 20.2 Å². The van der Waals surface area contributed by atoms with Crippen molar-refractivity contribution in [3.63, 3.8) is 0 Å². The van der Waals surface area contributed by atoms with Crippen LogP contribution in [0, 0.1) is 0 Å². The second kappa shape index (κ2) is 18.1. The molecule has 0 saturated carbocycles. The number of aliphatic hydroxyl groups excluding tert-OH is 1. The Hall–Kier alpha value is -0.300. The lowest BCUT2D eigenvalue weighted by molar-refractivity contribution is 0.156. The monoisotopic (exact) mass is 242 g/mol. The van der Waals surface area contributed by atoms with Gasteiger partial charge in [-0.15, -0.1) is 0 Å². The molecule has 0 aliphatic heterocycles. The van der Waals surface area contributed by atoms with E-state index in [-0.39, 0.29) is 6.10 Å². The van der Waals surface area contributed by atoms with Gasteiger partial charge in [-0.25, -0.2) is 0 Å². The highest BCUT2D eigenvalue weighted by atomic mass is 16.3. The maximum Gasteiger partial charge on any atom is 0.0537 e. The first-order valence-corrected chi connectivity index (χ1v) is 7.51. The molecule has 0 spiro atoms. The van der Waals surface area contributed by atoms with Crippen LogP contribution in [0.15, 0.2) is 12.2 Å². The van der Waals surface area contributed by atoms with E-state index in [0.717, 1.165) is 12.8 Å². The van der Waals surface area contributed by atoms with Crippen molar-refractivity contribution >= 4 is 0 Å². The van der Waals surface area contributed by atoms with Crippen LogP contribution >= 0.6 is 0 Å².